The number of hydrazine groups is 1. The highest BCUT2D eigenvalue weighted by Crippen LogP contribution is 2.38. The first kappa shape index (κ1) is 16.4. The van der Waals surface area contributed by atoms with Gasteiger partial charge in [-0.25, -0.2) is 4.79 Å². The highest BCUT2D eigenvalue weighted by atomic mass is 32.2. The zero-order valence-electron chi connectivity index (χ0n) is 14.1. The van der Waals surface area contributed by atoms with E-state index in [-0.39, 0.29) is 17.1 Å². The molecule has 4 rings (SSSR count). The van der Waals surface area contributed by atoms with Crippen LogP contribution in [0.1, 0.15) is 43.2 Å². The van der Waals surface area contributed by atoms with Gasteiger partial charge in [0.15, 0.2) is 0 Å². The van der Waals surface area contributed by atoms with Crippen LogP contribution in [0.4, 0.5) is 4.79 Å². The summed E-state index contributed by atoms with van der Waals surface area (Å²) < 4.78 is 0. The molecule has 2 heterocycles. The number of imide groups is 1. The number of carbonyl (C=O) groups is 3. The predicted octanol–water partition coefficient (Wildman–Crippen LogP) is 2.30. The van der Waals surface area contributed by atoms with Gasteiger partial charge in [0.25, 0.3) is 11.8 Å². The number of fused-ring (bicyclic) bond motifs is 1. The average Bonchev–Trinajstić information content (AvgIpc) is 3.10. The third kappa shape index (κ3) is 2.80. The van der Waals surface area contributed by atoms with Gasteiger partial charge in [-0.3, -0.25) is 15.0 Å². The summed E-state index contributed by atoms with van der Waals surface area (Å²) in [7, 11) is 0. The second kappa shape index (κ2) is 6.05. The van der Waals surface area contributed by atoms with Gasteiger partial charge >= 0.3 is 6.03 Å². The standard InChI is InChI=1S/C18H21N3O3S/c1-11-5-6-12-10-14(25-13(12)9-11)15(22)20-21-16(23)18(19-17(21)24)7-3-2-4-8-18/h5-6,9,14H,2-4,7-8,10H2,1H3,(H,19,24)(H,20,22). The van der Waals surface area contributed by atoms with E-state index in [0.29, 0.717) is 19.3 Å². The van der Waals surface area contributed by atoms with E-state index in [1.54, 1.807) is 0 Å². The largest absolute Gasteiger partial charge is 0.344 e. The van der Waals surface area contributed by atoms with Crippen LogP contribution in [0, 0.1) is 6.92 Å². The Morgan fingerprint density at radius 2 is 2.04 bits per heavy atom. The summed E-state index contributed by atoms with van der Waals surface area (Å²) in [5, 5.41) is 3.38. The number of benzene rings is 1. The second-order valence-electron chi connectivity index (χ2n) is 7.11. The van der Waals surface area contributed by atoms with Crippen molar-refractivity contribution in [3.63, 3.8) is 0 Å². The first-order valence-corrected chi connectivity index (χ1v) is 9.60. The van der Waals surface area contributed by atoms with Crippen molar-refractivity contribution in [3.05, 3.63) is 29.3 Å². The van der Waals surface area contributed by atoms with E-state index in [1.165, 1.54) is 11.8 Å². The predicted molar refractivity (Wildman–Crippen MR) is 93.9 cm³/mol. The lowest BCUT2D eigenvalue weighted by molar-refractivity contribution is -0.139. The van der Waals surface area contributed by atoms with Gasteiger partial charge in [0, 0.05) is 4.90 Å². The van der Waals surface area contributed by atoms with Gasteiger partial charge < -0.3 is 5.32 Å². The number of nitrogens with one attached hydrogen (secondary N) is 2. The minimum Gasteiger partial charge on any atom is -0.322 e. The van der Waals surface area contributed by atoms with Crippen molar-refractivity contribution >= 4 is 29.6 Å². The molecule has 0 aromatic heterocycles. The molecule has 3 aliphatic rings. The Labute approximate surface area is 150 Å². The van der Waals surface area contributed by atoms with Crippen molar-refractivity contribution in [1.29, 1.82) is 0 Å². The molecule has 1 saturated carbocycles. The van der Waals surface area contributed by atoms with Crippen LogP contribution in [0.25, 0.3) is 0 Å². The van der Waals surface area contributed by atoms with E-state index >= 15 is 0 Å². The van der Waals surface area contributed by atoms with Crippen molar-refractivity contribution in [2.45, 2.75) is 61.1 Å². The van der Waals surface area contributed by atoms with E-state index in [0.717, 1.165) is 40.3 Å². The van der Waals surface area contributed by atoms with Crippen LogP contribution >= 0.6 is 11.8 Å². The summed E-state index contributed by atoms with van der Waals surface area (Å²) in [5.41, 5.74) is 4.03. The van der Waals surface area contributed by atoms with Crippen LogP contribution < -0.4 is 10.7 Å². The molecule has 1 aromatic carbocycles. The lowest BCUT2D eigenvalue weighted by Gasteiger charge is -2.30. The van der Waals surface area contributed by atoms with Crippen molar-refractivity contribution in [1.82, 2.24) is 15.8 Å². The molecule has 0 radical (unpaired) electrons. The first-order valence-electron chi connectivity index (χ1n) is 8.72. The molecule has 7 heteroatoms. The Balaban J connectivity index is 1.45. The van der Waals surface area contributed by atoms with Crippen LogP contribution in [0.15, 0.2) is 23.1 Å². The molecule has 1 unspecified atom stereocenters. The zero-order chi connectivity index (χ0) is 17.6. The minimum atomic E-state index is -0.814. The quantitative estimate of drug-likeness (QED) is 0.794. The number of rotatable bonds is 2. The third-order valence-corrected chi connectivity index (χ3v) is 6.58. The molecule has 1 spiro atoms. The SMILES string of the molecule is Cc1ccc2c(c1)SC(C(=O)NN1C(=O)NC3(CCCCC3)C1=O)C2. The summed E-state index contributed by atoms with van der Waals surface area (Å²) in [5.74, 6) is -0.614. The molecule has 4 amide bonds. The van der Waals surface area contributed by atoms with Crippen molar-refractivity contribution in [2.24, 2.45) is 0 Å². The maximum absolute atomic E-state index is 12.7. The number of nitrogens with zero attached hydrogens (tertiary/aromatic N) is 1. The molecule has 6 nitrogen and oxygen atoms in total. The van der Waals surface area contributed by atoms with Gasteiger partial charge in [0.2, 0.25) is 0 Å². The fourth-order valence-electron chi connectivity index (χ4n) is 3.88. The lowest BCUT2D eigenvalue weighted by atomic mass is 9.82. The van der Waals surface area contributed by atoms with Crippen LogP contribution in [0.5, 0.6) is 0 Å². The number of thioether (sulfide) groups is 1. The molecule has 1 aromatic rings. The van der Waals surface area contributed by atoms with Crippen LogP contribution in [0.3, 0.4) is 0 Å². The number of urea groups is 1. The molecule has 25 heavy (non-hydrogen) atoms. The molecule has 2 fully saturated rings. The molecule has 2 N–H and O–H groups in total. The summed E-state index contributed by atoms with van der Waals surface area (Å²) >= 11 is 1.49. The van der Waals surface area contributed by atoms with Gasteiger partial charge in [0.05, 0.1) is 5.25 Å². The van der Waals surface area contributed by atoms with Gasteiger partial charge in [-0.05, 0) is 37.8 Å². The molecule has 132 valence electrons. The fraction of sp³-hybridized carbons (Fsp3) is 0.500. The van der Waals surface area contributed by atoms with Gasteiger partial charge in [-0.1, -0.05) is 37.0 Å². The van der Waals surface area contributed by atoms with E-state index in [1.807, 2.05) is 19.1 Å². The van der Waals surface area contributed by atoms with Gasteiger partial charge in [-0.2, -0.15) is 5.01 Å². The summed E-state index contributed by atoms with van der Waals surface area (Å²) in [6, 6.07) is 5.62. The summed E-state index contributed by atoms with van der Waals surface area (Å²) in [6.45, 7) is 2.02. The van der Waals surface area contributed by atoms with E-state index in [2.05, 4.69) is 16.8 Å². The topological polar surface area (TPSA) is 78.5 Å². The maximum atomic E-state index is 12.7. The smallest absolute Gasteiger partial charge is 0.322 e. The average molecular weight is 359 g/mol. The van der Waals surface area contributed by atoms with Gasteiger partial charge in [-0.15, -0.1) is 11.8 Å². The first-order chi connectivity index (χ1) is 12.0. The van der Waals surface area contributed by atoms with E-state index < -0.39 is 11.6 Å². The van der Waals surface area contributed by atoms with Crippen LogP contribution in [0.2, 0.25) is 0 Å². The minimum absolute atomic E-state index is 0.296. The lowest BCUT2D eigenvalue weighted by Crippen LogP contribution is -2.52. The Kier molecular flexibility index (Phi) is 3.98. The van der Waals surface area contributed by atoms with Crippen LogP contribution in [-0.4, -0.2) is 33.6 Å². The number of hydrogen-bond acceptors (Lipinski definition) is 4. The Morgan fingerprint density at radius 3 is 2.80 bits per heavy atom. The van der Waals surface area contributed by atoms with Crippen molar-refractivity contribution < 1.29 is 14.4 Å². The molecule has 1 aliphatic carbocycles. The molecule has 1 saturated heterocycles. The van der Waals surface area contributed by atoms with Crippen molar-refractivity contribution in [2.75, 3.05) is 0 Å². The monoisotopic (exact) mass is 359 g/mol. The molecule has 1 atom stereocenters. The highest BCUT2D eigenvalue weighted by molar-refractivity contribution is 8.01. The number of hydrogen-bond donors (Lipinski definition) is 2. The fourth-order valence-corrected chi connectivity index (χ4v) is 5.17. The Morgan fingerprint density at radius 1 is 1.28 bits per heavy atom. The summed E-state index contributed by atoms with van der Waals surface area (Å²) in [4.78, 5) is 38.7. The van der Waals surface area contributed by atoms with Gasteiger partial charge in [0.1, 0.15) is 5.54 Å². The van der Waals surface area contributed by atoms with E-state index in [4.69, 9.17) is 0 Å². The number of carbonyl (C=O) groups excluding carboxylic acids is 3. The van der Waals surface area contributed by atoms with Crippen LogP contribution in [-0.2, 0) is 16.0 Å². The number of amides is 4. The second-order valence-corrected chi connectivity index (χ2v) is 8.36. The maximum Gasteiger partial charge on any atom is 0.344 e. The Hall–Kier alpha value is -2.02. The number of aryl methyl sites for hydroxylation is 1. The molecular formula is C18H21N3O3S. The normalized spacial score (nSPS) is 24.4. The zero-order valence-corrected chi connectivity index (χ0v) is 14.9. The third-order valence-electron chi connectivity index (χ3n) is 5.28. The Bertz CT molecular complexity index is 758. The molecular weight excluding hydrogens is 338 g/mol. The summed E-state index contributed by atoms with van der Waals surface area (Å²) in [6.07, 6.45) is 4.82. The molecule has 0 bridgehead atoms. The van der Waals surface area contributed by atoms with Crippen molar-refractivity contribution in [3.8, 4) is 0 Å². The molecule has 2 aliphatic heterocycles. The van der Waals surface area contributed by atoms with E-state index in [9.17, 15) is 14.4 Å². The highest BCUT2D eigenvalue weighted by Gasteiger charge is 2.52.